The number of rotatable bonds is 9. The van der Waals surface area contributed by atoms with E-state index in [1.807, 2.05) is 0 Å². The molecule has 0 aromatic heterocycles. The van der Waals surface area contributed by atoms with Crippen molar-refractivity contribution in [2.45, 2.75) is 6.10 Å². The van der Waals surface area contributed by atoms with E-state index in [2.05, 4.69) is 9.47 Å². The molecule has 0 aliphatic carbocycles. The fourth-order valence-electron chi connectivity index (χ4n) is 1.83. The molecular formula is C16H19NO9. The second-order valence-electron chi connectivity index (χ2n) is 5.11. The summed E-state index contributed by atoms with van der Waals surface area (Å²) in [6, 6.07) is 0. The van der Waals surface area contributed by atoms with Gasteiger partial charge in [0, 0.05) is 30.8 Å². The van der Waals surface area contributed by atoms with E-state index in [-0.39, 0.29) is 32.0 Å². The summed E-state index contributed by atoms with van der Waals surface area (Å²) in [5.74, 6) is -3.09. The van der Waals surface area contributed by atoms with E-state index in [0.29, 0.717) is 0 Å². The fraction of sp³-hybridized carbons (Fsp3) is 0.438. The van der Waals surface area contributed by atoms with Gasteiger partial charge in [0.1, 0.15) is 12.7 Å². The normalized spacial score (nSPS) is 15.4. The Morgan fingerprint density at radius 1 is 0.923 bits per heavy atom. The first-order valence-corrected chi connectivity index (χ1v) is 7.47. The van der Waals surface area contributed by atoms with Crippen LogP contribution in [0.1, 0.15) is 0 Å². The Morgan fingerprint density at radius 2 is 1.42 bits per heavy atom. The number of hydrogen-bond donors (Lipinski definition) is 0. The summed E-state index contributed by atoms with van der Waals surface area (Å²) >= 11 is 0. The van der Waals surface area contributed by atoms with Gasteiger partial charge < -0.3 is 18.9 Å². The Labute approximate surface area is 149 Å². The van der Waals surface area contributed by atoms with E-state index < -0.39 is 30.0 Å². The number of hydrogen-bond acceptors (Lipinski definition) is 10. The highest BCUT2D eigenvalue weighted by molar-refractivity contribution is 5.92. The third-order valence-electron chi connectivity index (χ3n) is 3.07. The van der Waals surface area contributed by atoms with Crippen LogP contribution in [0.25, 0.3) is 0 Å². The third-order valence-corrected chi connectivity index (χ3v) is 3.07. The predicted octanol–water partition coefficient (Wildman–Crippen LogP) is -1.22. The van der Waals surface area contributed by atoms with Crippen molar-refractivity contribution in [2.75, 3.05) is 40.5 Å². The Bertz CT molecular complexity index is 615. The first-order chi connectivity index (χ1) is 12.3. The van der Waals surface area contributed by atoms with E-state index in [0.717, 1.165) is 38.5 Å². The topological polar surface area (TPSA) is 126 Å². The Morgan fingerprint density at radius 3 is 1.92 bits per heavy atom. The Kier molecular flexibility index (Phi) is 8.71. The zero-order valence-corrected chi connectivity index (χ0v) is 14.3. The molecule has 10 heteroatoms. The first-order valence-electron chi connectivity index (χ1n) is 7.47. The van der Waals surface area contributed by atoms with Crippen LogP contribution in [0.3, 0.4) is 0 Å². The Hall–Kier alpha value is -3.01. The lowest BCUT2D eigenvalue weighted by atomic mass is 10.2. The van der Waals surface area contributed by atoms with Crippen molar-refractivity contribution in [2.24, 2.45) is 0 Å². The molecule has 1 aliphatic rings. The van der Waals surface area contributed by atoms with E-state index in [1.165, 1.54) is 0 Å². The molecular weight excluding hydrogens is 350 g/mol. The molecule has 0 aromatic rings. The number of likely N-dealkylation sites (tertiary alicyclic amines) is 1. The van der Waals surface area contributed by atoms with Crippen molar-refractivity contribution in [3.05, 3.63) is 24.3 Å². The van der Waals surface area contributed by atoms with Gasteiger partial charge in [0.05, 0.1) is 27.3 Å². The molecule has 0 saturated carbocycles. The van der Waals surface area contributed by atoms with Crippen LogP contribution in [0.2, 0.25) is 0 Å². The molecule has 0 N–H and O–H groups in total. The van der Waals surface area contributed by atoms with Crippen molar-refractivity contribution in [1.82, 2.24) is 4.90 Å². The molecule has 1 aliphatic heterocycles. The highest BCUT2D eigenvalue weighted by Crippen LogP contribution is 2.07. The molecule has 1 heterocycles. The van der Waals surface area contributed by atoms with Crippen molar-refractivity contribution >= 4 is 29.7 Å². The second-order valence-corrected chi connectivity index (χ2v) is 5.11. The summed E-state index contributed by atoms with van der Waals surface area (Å²) in [6.07, 6.45) is 2.65. The molecule has 0 amide bonds. The van der Waals surface area contributed by atoms with E-state index >= 15 is 0 Å². The van der Waals surface area contributed by atoms with Gasteiger partial charge in [-0.3, -0.25) is 9.69 Å². The van der Waals surface area contributed by atoms with Crippen LogP contribution in [0, 0.1) is 0 Å². The molecule has 1 atom stereocenters. The number of carbonyl (C=O) groups is 5. The smallest absolute Gasteiger partial charge is 0.331 e. The quantitative estimate of drug-likeness (QED) is 0.277. The van der Waals surface area contributed by atoms with Crippen LogP contribution in [-0.2, 0) is 42.9 Å². The average molecular weight is 369 g/mol. The van der Waals surface area contributed by atoms with Crippen molar-refractivity contribution in [1.29, 1.82) is 0 Å². The lowest BCUT2D eigenvalue weighted by Gasteiger charge is -2.32. The molecule has 10 nitrogen and oxygen atoms in total. The van der Waals surface area contributed by atoms with Crippen molar-refractivity contribution in [3.8, 4) is 0 Å². The number of carbonyl (C=O) groups excluding carboxylic acids is 5. The molecule has 1 unspecified atom stereocenters. The summed E-state index contributed by atoms with van der Waals surface area (Å²) in [6.45, 7) is 0.287. The largest absolute Gasteiger partial charge is 0.466 e. The minimum atomic E-state index is -0.867. The number of ketones is 1. The van der Waals surface area contributed by atoms with Gasteiger partial charge in [0.15, 0.2) is 5.78 Å². The number of nitrogens with zero attached hydrogens (tertiary/aromatic N) is 1. The van der Waals surface area contributed by atoms with Crippen LogP contribution in [0.5, 0.6) is 0 Å². The minimum absolute atomic E-state index is 0.0404. The van der Waals surface area contributed by atoms with Crippen molar-refractivity contribution in [3.63, 3.8) is 0 Å². The standard InChI is InChI=1S/C16H19NO9/c1-23-13(19)3-5-15(21)25-10-12(9-17-7-11(18)8-17)26-16(22)6-4-14(20)24-2/h3-6,12H,7-10H2,1-2H3/b5-3+,6-4+. The van der Waals surface area contributed by atoms with E-state index in [1.54, 1.807) is 4.90 Å². The minimum Gasteiger partial charge on any atom is -0.466 e. The van der Waals surface area contributed by atoms with Gasteiger partial charge in [0.2, 0.25) is 0 Å². The second kappa shape index (κ2) is 10.8. The van der Waals surface area contributed by atoms with Gasteiger partial charge >= 0.3 is 23.9 Å². The van der Waals surface area contributed by atoms with E-state index in [9.17, 15) is 24.0 Å². The number of esters is 4. The monoisotopic (exact) mass is 369 g/mol. The highest BCUT2D eigenvalue weighted by atomic mass is 16.6. The first kappa shape index (κ1) is 21.0. The van der Waals surface area contributed by atoms with Gasteiger partial charge in [0.25, 0.3) is 0 Å². The predicted molar refractivity (Wildman–Crippen MR) is 84.6 cm³/mol. The molecule has 0 bridgehead atoms. The molecule has 1 fully saturated rings. The Balaban J connectivity index is 2.56. The van der Waals surface area contributed by atoms with E-state index in [4.69, 9.17) is 9.47 Å². The molecule has 1 rings (SSSR count). The van der Waals surface area contributed by atoms with Crippen LogP contribution < -0.4 is 0 Å². The van der Waals surface area contributed by atoms with Gasteiger partial charge in [-0.25, -0.2) is 19.2 Å². The number of ether oxygens (including phenoxy) is 4. The van der Waals surface area contributed by atoms with Crippen LogP contribution in [0.15, 0.2) is 24.3 Å². The molecule has 0 aromatic carbocycles. The SMILES string of the molecule is COC(=O)/C=C/C(=O)OCC(CN1CC(=O)C1)OC(=O)/C=C/C(=O)OC. The highest BCUT2D eigenvalue weighted by Gasteiger charge is 2.28. The summed E-state index contributed by atoms with van der Waals surface area (Å²) in [7, 11) is 2.31. The average Bonchev–Trinajstić information content (AvgIpc) is 2.60. The summed E-state index contributed by atoms with van der Waals surface area (Å²) in [5, 5.41) is 0. The molecule has 142 valence electrons. The lowest BCUT2D eigenvalue weighted by Crippen LogP contribution is -2.51. The third kappa shape index (κ3) is 8.20. The fourth-order valence-corrected chi connectivity index (χ4v) is 1.83. The zero-order chi connectivity index (χ0) is 19.5. The van der Waals surface area contributed by atoms with Gasteiger partial charge in [-0.15, -0.1) is 0 Å². The van der Waals surface area contributed by atoms with Crippen molar-refractivity contribution < 1.29 is 42.9 Å². The maximum absolute atomic E-state index is 11.7. The zero-order valence-electron chi connectivity index (χ0n) is 14.3. The van der Waals surface area contributed by atoms with Gasteiger partial charge in [-0.2, -0.15) is 0 Å². The number of Topliss-reactive ketones (excluding diaryl/α,β-unsaturated/α-hetero) is 1. The van der Waals surface area contributed by atoms with Crippen LogP contribution in [0.4, 0.5) is 0 Å². The summed E-state index contributed by atoms with van der Waals surface area (Å²) in [5.41, 5.74) is 0. The summed E-state index contributed by atoms with van der Waals surface area (Å²) in [4.78, 5) is 57.8. The molecule has 0 spiro atoms. The number of methoxy groups -OCH3 is 2. The molecule has 0 radical (unpaired) electrons. The maximum Gasteiger partial charge on any atom is 0.331 e. The molecule has 26 heavy (non-hydrogen) atoms. The van der Waals surface area contributed by atoms with Gasteiger partial charge in [-0.05, 0) is 0 Å². The van der Waals surface area contributed by atoms with Gasteiger partial charge in [-0.1, -0.05) is 0 Å². The maximum atomic E-state index is 11.7. The van der Waals surface area contributed by atoms with Crippen LogP contribution >= 0.6 is 0 Å². The molecule has 1 saturated heterocycles. The lowest BCUT2D eigenvalue weighted by molar-refractivity contribution is -0.155. The van der Waals surface area contributed by atoms with Crippen LogP contribution in [-0.4, -0.2) is 81.1 Å². The summed E-state index contributed by atoms with van der Waals surface area (Å²) < 4.78 is 18.7.